The van der Waals surface area contributed by atoms with Crippen molar-refractivity contribution in [3.63, 3.8) is 0 Å². The van der Waals surface area contributed by atoms with Gasteiger partial charge in [-0.3, -0.25) is 9.59 Å². The van der Waals surface area contributed by atoms with Crippen molar-refractivity contribution < 1.29 is 14.0 Å². The maximum absolute atomic E-state index is 13.6. The molecule has 0 aliphatic heterocycles. The molecule has 0 saturated carbocycles. The lowest BCUT2D eigenvalue weighted by Crippen LogP contribution is -2.44. The Morgan fingerprint density at radius 1 is 1.08 bits per heavy atom. The molecule has 0 fully saturated rings. The average Bonchev–Trinajstić information content (AvgIpc) is 2.79. The van der Waals surface area contributed by atoms with Crippen molar-refractivity contribution in [1.29, 1.82) is 0 Å². The van der Waals surface area contributed by atoms with Crippen LogP contribution in [0, 0.1) is 13.8 Å². The van der Waals surface area contributed by atoms with Gasteiger partial charge in [0.1, 0.15) is 5.75 Å². The van der Waals surface area contributed by atoms with Crippen LogP contribution in [0.25, 0.3) is 10.9 Å². The largest absolute Gasteiger partial charge is 0.497 e. The smallest absolute Gasteiger partial charge is 0.253 e. The van der Waals surface area contributed by atoms with E-state index in [1.165, 1.54) is 0 Å². The normalized spacial score (nSPS) is 12.1. The van der Waals surface area contributed by atoms with Crippen molar-refractivity contribution >= 4 is 41.1 Å². The molecule has 2 aromatic carbocycles. The second-order valence-corrected chi connectivity index (χ2v) is 16.9. The maximum atomic E-state index is 13.6. The van der Waals surface area contributed by atoms with Crippen LogP contribution in [-0.2, 0) is 22.2 Å². The number of hydrogen-bond acceptors (Lipinski definition) is 4. The summed E-state index contributed by atoms with van der Waals surface area (Å²) in [6, 6.07) is 11.6. The topological polar surface area (TPSA) is 71.6 Å². The second-order valence-electron chi connectivity index (χ2n) is 11.2. The number of halogens is 1. The van der Waals surface area contributed by atoms with E-state index in [9.17, 15) is 9.59 Å². The minimum absolute atomic E-state index is 0.0680. The van der Waals surface area contributed by atoms with E-state index in [0.29, 0.717) is 24.5 Å². The monoisotopic (exact) mass is 586 g/mol. The van der Waals surface area contributed by atoms with Crippen LogP contribution in [0.2, 0.25) is 18.1 Å². The van der Waals surface area contributed by atoms with Gasteiger partial charge in [0.15, 0.2) is 8.32 Å². The number of fused-ring (bicyclic) bond motifs is 1. The molecule has 0 bridgehead atoms. The van der Waals surface area contributed by atoms with Gasteiger partial charge in [-0.1, -0.05) is 48.3 Å². The molecule has 0 radical (unpaired) electrons. The molecule has 0 atom stereocenters. The summed E-state index contributed by atoms with van der Waals surface area (Å²) in [5, 5.41) is 1.03. The summed E-state index contributed by atoms with van der Waals surface area (Å²) < 4.78 is 12.6. The van der Waals surface area contributed by atoms with Gasteiger partial charge in [-0.2, -0.15) is 0 Å². The number of benzene rings is 2. The molecule has 1 heterocycles. The van der Waals surface area contributed by atoms with E-state index in [2.05, 4.69) is 66.9 Å². The molecule has 1 N–H and O–H groups in total. The Hall–Kier alpha value is -2.42. The molecule has 6 nitrogen and oxygen atoms in total. The lowest BCUT2D eigenvalue weighted by molar-refractivity contribution is -0.131. The first kappa shape index (κ1) is 29.1. The molecule has 1 amide bonds. The number of hydrogen-bond donors (Lipinski definition) is 1. The summed E-state index contributed by atoms with van der Waals surface area (Å²) in [7, 11) is -0.378. The van der Waals surface area contributed by atoms with E-state index in [1.54, 1.807) is 12.0 Å². The number of carbonyl (C=O) groups is 1. The highest BCUT2D eigenvalue weighted by atomic mass is 79.9. The lowest BCUT2D eigenvalue weighted by atomic mass is 10.0. The number of methoxy groups -OCH3 is 1. The molecule has 0 unspecified atom stereocenters. The first-order chi connectivity index (χ1) is 17.2. The third-order valence-electron chi connectivity index (χ3n) is 7.31. The summed E-state index contributed by atoms with van der Waals surface area (Å²) in [6.07, 6.45) is 0.182. The summed E-state index contributed by atoms with van der Waals surface area (Å²) in [5.41, 5.74) is 4.20. The fraction of sp³-hybridized carbons (Fsp3) is 0.448. The predicted octanol–water partition coefficient (Wildman–Crippen LogP) is 6.51. The number of carbonyl (C=O) groups excluding carboxylic acids is 1. The first-order valence-electron chi connectivity index (χ1n) is 12.6. The van der Waals surface area contributed by atoms with Gasteiger partial charge in [-0.05, 0) is 78.8 Å². The van der Waals surface area contributed by atoms with Crippen molar-refractivity contribution in [2.45, 2.75) is 65.7 Å². The number of amides is 1. The fourth-order valence-corrected chi connectivity index (χ4v) is 5.48. The fourth-order valence-electron chi connectivity index (χ4n) is 4.06. The third kappa shape index (κ3) is 7.12. The number of nitrogens with zero attached hydrogens (tertiary/aromatic N) is 1. The molecule has 0 aliphatic rings. The Bertz CT molecular complexity index is 1340. The Balaban J connectivity index is 1.91. The molecule has 1 aromatic heterocycles. The predicted molar refractivity (Wildman–Crippen MR) is 157 cm³/mol. The van der Waals surface area contributed by atoms with Crippen molar-refractivity contribution in [3.05, 3.63) is 73.5 Å². The Morgan fingerprint density at radius 3 is 2.43 bits per heavy atom. The number of aromatic nitrogens is 1. The van der Waals surface area contributed by atoms with Gasteiger partial charge in [0.05, 0.1) is 32.2 Å². The zero-order valence-corrected chi connectivity index (χ0v) is 25.8. The first-order valence-corrected chi connectivity index (χ1v) is 16.3. The summed E-state index contributed by atoms with van der Waals surface area (Å²) >= 11 is 3.56. The number of aryl methyl sites for hydroxylation is 2. The van der Waals surface area contributed by atoms with Gasteiger partial charge in [0.2, 0.25) is 5.91 Å². The average molecular weight is 588 g/mol. The van der Waals surface area contributed by atoms with Crippen LogP contribution in [0.15, 0.2) is 45.7 Å². The minimum Gasteiger partial charge on any atom is -0.497 e. The molecule has 3 rings (SSSR count). The highest BCUT2D eigenvalue weighted by molar-refractivity contribution is 9.10. The van der Waals surface area contributed by atoms with E-state index >= 15 is 0 Å². The van der Waals surface area contributed by atoms with E-state index in [0.717, 1.165) is 32.1 Å². The summed E-state index contributed by atoms with van der Waals surface area (Å²) in [5.74, 6) is 0.614. The van der Waals surface area contributed by atoms with Crippen LogP contribution in [-0.4, -0.2) is 44.4 Å². The Kier molecular flexibility index (Phi) is 9.08. The van der Waals surface area contributed by atoms with E-state index in [-0.39, 0.29) is 29.5 Å². The zero-order valence-electron chi connectivity index (χ0n) is 23.3. The number of nitrogens with one attached hydrogen (secondary N) is 1. The molecule has 0 saturated heterocycles. The number of H-pyrrole nitrogens is 1. The van der Waals surface area contributed by atoms with Crippen molar-refractivity contribution in [1.82, 2.24) is 9.88 Å². The van der Waals surface area contributed by atoms with E-state index in [4.69, 9.17) is 9.16 Å². The summed E-state index contributed by atoms with van der Waals surface area (Å²) in [4.78, 5) is 31.4. The SMILES string of the molecule is COc1ccc(Br)c(CC(=O)N(CCO[Si](C)(C)C(C)(C)C)Cc2cc3cc(C)cc(C)c3[nH]c2=O)c1. The van der Waals surface area contributed by atoms with Crippen LogP contribution in [0.3, 0.4) is 0 Å². The standard InChI is InChI=1S/C29H39BrN2O4Si/c1-19-13-20(2)27-22(14-19)15-23(28(34)31-27)18-32(11-12-36-37(7,8)29(3,4)5)26(33)17-21-16-24(35-6)9-10-25(21)30/h9-10,13-16H,11-12,17-18H2,1-8H3,(H,31,34). The maximum Gasteiger partial charge on any atom is 0.253 e. The van der Waals surface area contributed by atoms with Crippen LogP contribution < -0.4 is 10.3 Å². The number of rotatable bonds is 9. The van der Waals surface area contributed by atoms with Crippen LogP contribution in [0.5, 0.6) is 5.75 Å². The van der Waals surface area contributed by atoms with Crippen molar-refractivity contribution in [3.8, 4) is 5.75 Å². The molecule has 0 spiro atoms. The minimum atomic E-state index is -1.98. The van der Waals surface area contributed by atoms with Gasteiger partial charge >= 0.3 is 0 Å². The van der Waals surface area contributed by atoms with E-state index < -0.39 is 8.32 Å². The number of aromatic amines is 1. The van der Waals surface area contributed by atoms with Crippen LogP contribution >= 0.6 is 15.9 Å². The highest BCUT2D eigenvalue weighted by Gasteiger charge is 2.37. The molecule has 37 heavy (non-hydrogen) atoms. The van der Waals surface area contributed by atoms with E-state index in [1.807, 2.05) is 38.1 Å². The van der Waals surface area contributed by atoms with Crippen LogP contribution in [0.4, 0.5) is 0 Å². The van der Waals surface area contributed by atoms with Gasteiger partial charge in [0.25, 0.3) is 5.56 Å². The Morgan fingerprint density at radius 2 is 1.78 bits per heavy atom. The number of ether oxygens (including phenoxy) is 1. The Labute approximate surface area is 229 Å². The molecular formula is C29H39BrN2O4Si. The molecule has 3 aromatic rings. The second kappa shape index (κ2) is 11.5. The zero-order chi connectivity index (χ0) is 27.5. The molecular weight excluding hydrogens is 548 g/mol. The summed E-state index contributed by atoms with van der Waals surface area (Å²) in [6.45, 7) is 16.0. The van der Waals surface area contributed by atoms with Gasteiger partial charge in [-0.15, -0.1) is 0 Å². The lowest BCUT2D eigenvalue weighted by Gasteiger charge is -2.37. The quantitative estimate of drug-likeness (QED) is 0.290. The van der Waals surface area contributed by atoms with Crippen LogP contribution in [0.1, 0.15) is 43.0 Å². The van der Waals surface area contributed by atoms with Gasteiger partial charge in [-0.25, -0.2) is 0 Å². The number of pyridine rings is 1. The van der Waals surface area contributed by atoms with Crippen molar-refractivity contribution in [2.75, 3.05) is 20.3 Å². The highest BCUT2D eigenvalue weighted by Crippen LogP contribution is 2.36. The van der Waals surface area contributed by atoms with Crippen molar-refractivity contribution in [2.24, 2.45) is 0 Å². The molecule has 200 valence electrons. The van der Waals surface area contributed by atoms with Gasteiger partial charge in [0, 0.05) is 16.6 Å². The molecule has 0 aliphatic carbocycles. The molecule has 8 heteroatoms. The van der Waals surface area contributed by atoms with Gasteiger partial charge < -0.3 is 19.0 Å². The third-order valence-corrected chi connectivity index (χ3v) is 12.6.